The summed E-state index contributed by atoms with van der Waals surface area (Å²) in [5.41, 5.74) is 2.87. The second-order valence-corrected chi connectivity index (χ2v) is 6.73. The predicted octanol–water partition coefficient (Wildman–Crippen LogP) is 3.09. The van der Waals surface area contributed by atoms with E-state index in [1.165, 1.54) is 0 Å². The molecule has 140 valence electrons. The van der Waals surface area contributed by atoms with Crippen LogP contribution in [0.1, 0.15) is 28.9 Å². The van der Waals surface area contributed by atoms with Crippen molar-refractivity contribution in [2.45, 2.75) is 25.9 Å². The molecule has 0 radical (unpaired) electrons. The predicted molar refractivity (Wildman–Crippen MR) is 102 cm³/mol. The zero-order chi connectivity index (χ0) is 18.8. The van der Waals surface area contributed by atoms with Crippen molar-refractivity contribution in [3.8, 4) is 5.75 Å². The lowest BCUT2D eigenvalue weighted by Gasteiger charge is -2.11. The number of aryl methyl sites for hydroxylation is 2. The molecule has 1 atom stereocenters. The van der Waals surface area contributed by atoms with E-state index in [2.05, 4.69) is 15.4 Å². The SMILES string of the molecule is Cc1nn(C)c2ncc(NC(=O)c3ccc(OC[C@H]4CCCO4)cc3)cc12. The zero-order valence-electron chi connectivity index (χ0n) is 15.4. The molecule has 7 heteroatoms. The van der Waals surface area contributed by atoms with E-state index in [1.807, 2.05) is 20.0 Å². The van der Waals surface area contributed by atoms with Gasteiger partial charge in [-0.05, 0) is 50.1 Å². The van der Waals surface area contributed by atoms with Gasteiger partial charge in [-0.1, -0.05) is 0 Å². The molecule has 0 spiro atoms. The number of rotatable bonds is 5. The Morgan fingerprint density at radius 2 is 2.19 bits per heavy atom. The number of amides is 1. The van der Waals surface area contributed by atoms with Gasteiger partial charge in [0.15, 0.2) is 5.65 Å². The summed E-state index contributed by atoms with van der Waals surface area (Å²) in [6.45, 7) is 3.28. The highest BCUT2D eigenvalue weighted by Crippen LogP contribution is 2.21. The van der Waals surface area contributed by atoms with Crippen molar-refractivity contribution < 1.29 is 14.3 Å². The lowest BCUT2D eigenvalue weighted by molar-refractivity contribution is 0.0679. The van der Waals surface area contributed by atoms with E-state index in [1.54, 1.807) is 35.1 Å². The Hall–Kier alpha value is -2.93. The Morgan fingerprint density at radius 3 is 2.93 bits per heavy atom. The van der Waals surface area contributed by atoms with Gasteiger partial charge in [0.2, 0.25) is 0 Å². The first-order chi connectivity index (χ1) is 13.1. The Morgan fingerprint density at radius 1 is 1.37 bits per heavy atom. The molecular formula is C20H22N4O3. The van der Waals surface area contributed by atoms with Crippen molar-refractivity contribution in [3.63, 3.8) is 0 Å². The van der Waals surface area contributed by atoms with Crippen LogP contribution in [0.25, 0.3) is 11.0 Å². The lowest BCUT2D eigenvalue weighted by Crippen LogP contribution is -2.16. The van der Waals surface area contributed by atoms with Crippen LogP contribution in [-0.4, -0.2) is 40.0 Å². The zero-order valence-corrected chi connectivity index (χ0v) is 15.4. The van der Waals surface area contributed by atoms with Crippen LogP contribution in [-0.2, 0) is 11.8 Å². The molecule has 0 aliphatic carbocycles. The maximum Gasteiger partial charge on any atom is 0.255 e. The van der Waals surface area contributed by atoms with Gasteiger partial charge in [0.25, 0.3) is 5.91 Å². The fraction of sp³-hybridized carbons (Fsp3) is 0.350. The third-order valence-electron chi connectivity index (χ3n) is 4.70. The normalized spacial score (nSPS) is 16.6. The molecule has 1 amide bonds. The molecule has 1 N–H and O–H groups in total. The highest BCUT2D eigenvalue weighted by molar-refractivity contribution is 6.05. The van der Waals surface area contributed by atoms with Crippen LogP contribution in [0.4, 0.5) is 5.69 Å². The highest BCUT2D eigenvalue weighted by Gasteiger charge is 2.16. The van der Waals surface area contributed by atoms with Crippen LogP contribution in [0.5, 0.6) is 5.75 Å². The number of nitrogens with one attached hydrogen (secondary N) is 1. The molecule has 1 fully saturated rings. The molecule has 4 rings (SSSR count). The van der Waals surface area contributed by atoms with Crippen molar-refractivity contribution in [1.82, 2.24) is 14.8 Å². The Bertz CT molecular complexity index is 959. The number of hydrogen-bond acceptors (Lipinski definition) is 5. The van der Waals surface area contributed by atoms with Crippen molar-refractivity contribution in [2.75, 3.05) is 18.5 Å². The van der Waals surface area contributed by atoms with Crippen LogP contribution in [0, 0.1) is 6.92 Å². The molecule has 0 unspecified atom stereocenters. The quantitative estimate of drug-likeness (QED) is 0.751. The number of benzene rings is 1. The standard InChI is InChI=1S/C20H22N4O3/c1-13-18-10-15(11-21-19(18)24(2)23-13)22-20(25)14-5-7-16(8-6-14)27-12-17-4-3-9-26-17/h5-8,10-11,17H,3-4,9,12H2,1-2H3,(H,22,25)/t17-/m1/s1. The Labute approximate surface area is 157 Å². The molecule has 1 aliphatic heterocycles. The van der Waals surface area contributed by atoms with Crippen molar-refractivity contribution in [2.24, 2.45) is 7.05 Å². The number of aromatic nitrogens is 3. The number of pyridine rings is 1. The minimum Gasteiger partial charge on any atom is -0.491 e. The number of nitrogens with zero attached hydrogens (tertiary/aromatic N) is 3. The van der Waals surface area contributed by atoms with Gasteiger partial charge in [0.1, 0.15) is 12.4 Å². The molecule has 3 aromatic rings. The monoisotopic (exact) mass is 366 g/mol. The maximum absolute atomic E-state index is 12.5. The van der Waals surface area contributed by atoms with E-state index in [-0.39, 0.29) is 12.0 Å². The lowest BCUT2D eigenvalue weighted by atomic mass is 10.2. The van der Waals surface area contributed by atoms with Gasteiger partial charge in [0.05, 0.1) is 23.7 Å². The molecule has 2 aromatic heterocycles. The number of carbonyl (C=O) groups excluding carboxylic acids is 1. The highest BCUT2D eigenvalue weighted by atomic mass is 16.5. The molecule has 1 saturated heterocycles. The number of carbonyl (C=O) groups is 1. The topological polar surface area (TPSA) is 78.3 Å². The van der Waals surface area contributed by atoms with Crippen LogP contribution >= 0.6 is 0 Å². The molecule has 1 aromatic carbocycles. The fourth-order valence-electron chi connectivity index (χ4n) is 3.25. The van der Waals surface area contributed by atoms with Crippen molar-refractivity contribution in [1.29, 1.82) is 0 Å². The number of ether oxygens (including phenoxy) is 2. The number of fused-ring (bicyclic) bond motifs is 1. The fourth-order valence-corrected chi connectivity index (χ4v) is 3.25. The molecule has 3 heterocycles. The first-order valence-electron chi connectivity index (χ1n) is 9.05. The second-order valence-electron chi connectivity index (χ2n) is 6.73. The van der Waals surface area contributed by atoms with Gasteiger partial charge in [0, 0.05) is 24.6 Å². The van der Waals surface area contributed by atoms with Gasteiger partial charge >= 0.3 is 0 Å². The van der Waals surface area contributed by atoms with E-state index in [0.717, 1.165) is 41.9 Å². The third kappa shape index (κ3) is 3.78. The maximum atomic E-state index is 12.5. The van der Waals surface area contributed by atoms with Crippen LogP contribution in [0.3, 0.4) is 0 Å². The van der Waals surface area contributed by atoms with Crippen LogP contribution in [0.2, 0.25) is 0 Å². The van der Waals surface area contributed by atoms with Crippen molar-refractivity contribution >= 4 is 22.6 Å². The number of anilines is 1. The van der Waals surface area contributed by atoms with E-state index >= 15 is 0 Å². The summed E-state index contributed by atoms with van der Waals surface area (Å²) in [6.07, 6.45) is 3.94. The van der Waals surface area contributed by atoms with Gasteiger partial charge in [-0.25, -0.2) is 4.98 Å². The first-order valence-corrected chi connectivity index (χ1v) is 9.05. The summed E-state index contributed by atoms with van der Waals surface area (Å²) in [5, 5.41) is 8.15. The van der Waals surface area contributed by atoms with E-state index in [4.69, 9.17) is 9.47 Å². The molecule has 1 aliphatic rings. The summed E-state index contributed by atoms with van der Waals surface area (Å²) in [6, 6.07) is 9.00. The van der Waals surface area contributed by atoms with E-state index in [0.29, 0.717) is 17.9 Å². The molecule has 0 saturated carbocycles. The molecule has 7 nitrogen and oxygen atoms in total. The summed E-state index contributed by atoms with van der Waals surface area (Å²) >= 11 is 0. The average molecular weight is 366 g/mol. The largest absolute Gasteiger partial charge is 0.491 e. The minimum absolute atomic E-state index is 0.173. The Kier molecular flexibility index (Phi) is 4.77. The molecule has 27 heavy (non-hydrogen) atoms. The molecular weight excluding hydrogens is 344 g/mol. The van der Waals surface area contributed by atoms with Gasteiger partial charge < -0.3 is 14.8 Å². The van der Waals surface area contributed by atoms with Gasteiger partial charge in [-0.2, -0.15) is 5.10 Å². The molecule has 0 bridgehead atoms. The summed E-state index contributed by atoms with van der Waals surface area (Å²) in [4.78, 5) is 16.9. The summed E-state index contributed by atoms with van der Waals surface area (Å²) in [5.74, 6) is 0.541. The van der Waals surface area contributed by atoms with Crippen LogP contribution < -0.4 is 10.1 Å². The van der Waals surface area contributed by atoms with Gasteiger partial charge in [-0.3, -0.25) is 9.48 Å². The first kappa shape index (κ1) is 17.5. The average Bonchev–Trinajstić information content (AvgIpc) is 3.29. The van der Waals surface area contributed by atoms with E-state index < -0.39 is 0 Å². The summed E-state index contributed by atoms with van der Waals surface area (Å²) < 4.78 is 13.0. The minimum atomic E-state index is -0.191. The van der Waals surface area contributed by atoms with E-state index in [9.17, 15) is 4.79 Å². The summed E-state index contributed by atoms with van der Waals surface area (Å²) in [7, 11) is 1.85. The number of hydrogen-bond donors (Lipinski definition) is 1. The van der Waals surface area contributed by atoms with Crippen LogP contribution in [0.15, 0.2) is 36.5 Å². The Balaban J connectivity index is 1.41. The smallest absolute Gasteiger partial charge is 0.255 e. The third-order valence-corrected chi connectivity index (χ3v) is 4.70. The van der Waals surface area contributed by atoms with Gasteiger partial charge in [-0.15, -0.1) is 0 Å². The van der Waals surface area contributed by atoms with Crippen molar-refractivity contribution in [3.05, 3.63) is 47.8 Å². The second kappa shape index (κ2) is 7.36.